The Morgan fingerprint density at radius 3 is 3.00 bits per heavy atom. The van der Waals surface area contributed by atoms with E-state index in [2.05, 4.69) is 22.2 Å². The molecule has 2 unspecified atom stereocenters. The van der Waals surface area contributed by atoms with E-state index in [9.17, 15) is 4.79 Å². The topological polar surface area (TPSA) is 80.5 Å². The molecule has 1 fully saturated rings. The van der Waals surface area contributed by atoms with E-state index in [1.54, 1.807) is 19.4 Å². The van der Waals surface area contributed by atoms with Crippen molar-refractivity contribution in [1.82, 2.24) is 15.3 Å². The molecule has 1 aliphatic heterocycles. The zero-order chi connectivity index (χ0) is 14.5. The van der Waals surface area contributed by atoms with Crippen LogP contribution in [0.2, 0.25) is 0 Å². The summed E-state index contributed by atoms with van der Waals surface area (Å²) in [6.45, 7) is 4.97. The number of carbonyl (C=O) groups is 1. The van der Waals surface area contributed by atoms with E-state index in [-0.39, 0.29) is 12.0 Å². The number of nitrogens with zero attached hydrogens (tertiary/aromatic N) is 2. The second-order valence-corrected chi connectivity index (χ2v) is 5.29. The van der Waals surface area contributed by atoms with Crippen molar-refractivity contribution < 1.29 is 9.53 Å². The van der Waals surface area contributed by atoms with Crippen LogP contribution in [-0.4, -0.2) is 42.1 Å². The molecule has 1 amide bonds. The number of hydrogen-bond donors (Lipinski definition) is 2. The lowest BCUT2D eigenvalue weighted by Gasteiger charge is -2.35. The van der Waals surface area contributed by atoms with Gasteiger partial charge in [-0.25, -0.2) is 5.84 Å². The minimum absolute atomic E-state index is 0.283. The van der Waals surface area contributed by atoms with Gasteiger partial charge in [0.25, 0.3) is 5.91 Å². The standard InChI is InChI=1S/C14H22N4O2/c1-10-5-6-18(9-13(10)20-2)8-12-4-3-11(7-16-12)14(19)17-15/h3-4,7,10,13H,5-6,8-9,15H2,1-2H3,(H,17,19). The van der Waals surface area contributed by atoms with Gasteiger partial charge in [-0.2, -0.15) is 0 Å². The summed E-state index contributed by atoms with van der Waals surface area (Å²) in [6.07, 6.45) is 2.97. The third kappa shape index (κ3) is 3.53. The Morgan fingerprint density at radius 1 is 1.60 bits per heavy atom. The quantitative estimate of drug-likeness (QED) is 0.477. The van der Waals surface area contributed by atoms with Crippen molar-refractivity contribution in [2.24, 2.45) is 11.8 Å². The maximum atomic E-state index is 11.3. The number of nitrogen functional groups attached to an aromatic ring is 1. The molecule has 1 saturated heterocycles. The van der Waals surface area contributed by atoms with Gasteiger partial charge in [0.1, 0.15) is 0 Å². The van der Waals surface area contributed by atoms with Crippen molar-refractivity contribution in [1.29, 1.82) is 0 Å². The molecular formula is C14H22N4O2. The fraction of sp³-hybridized carbons (Fsp3) is 0.571. The molecule has 6 nitrogen and oxygen atoms in total. The molecule has 3 N–H and O–H groups in total. The molecule has 2 atom stereocenters. The van der Waals surface area contributed by atoms with Crippen LogP contribution in [0.25, 0.3) is 0 Å². The number of hydrazine groups is 1. The molecule has 1 aromatic rings. The normalized spacial score (nSPS) is 23.6. The van der Waals surface area contributed by atoms with Gasteiger partial charge in [-0.15, -0.1) is 0 Å². The van der Waals surface area contributed by atoms with Crippen LogP contribution in [0.4, 0.5) is 0 Å². The van der Waals surface area contributed by atoms with E-state index >= 15 is 0 Å². The number of hydrogen-bond acceptors (Lipinski definition) is 5. The Kier molecular flexibility index (Phi) is 5.05. The third-order valence-electron chi connectivity index (χ3n) is 3.88. The Bertz CT molecular complexity index is 449. The SMILES string of the molecule is COC1CN(Cc2ccc(C(=O)NN)cn2)CCC1C. The number of nitrogens with one attached hydrogen (secondary N) is 1. The molecule has 2 rings (SSSR count). The zero-order valence-corrected chi connectivity index (χ0v) is 12.0. The van der Waals surface area contributed by atoms with Gasteiger partial charge >= 0.3 is 0 Å². The van der Waals surface area contributed by atoms with Crippen LogP contribution in [0, 0.1) is 5.92 Å². The third-order valence-corrected chi connectivity index (χ3v) is 3.88. The van der Waals surface area contributed by atoms with Crippen molar-refractivity contribution in [3.8, 4) is 0 Å². The summed E-state index contributed by atoms with van der Waals surface area (Å²) in [5.74, 6) is 5.36. The summed E-state index contributed by atoms with van der Waals surface area (Å²) in [6, 6.07) is 3.61. The van der Waals surface area contributed by atoms with Crippen LogP contribution in [-0.2, 0) is 11.3 Å². The number of nitrogens with two attached hydrogens (primary N) is 1. The molecule has 0 spiro atoms. The molecule has 1 aliphatic rings. The predicted octanol–water partition coefficient (Wildman–Crippen LogP) is 0.542. The fourth-order valence-corrected chi connectivity index (χ4v) is 2.51. The highest BCUT2D eigenvalue weighted by molar-refractivity contribution is 5.93. The second kappa shape index (κ2) is 6.78. The van der Waals surface area contributed by atoms with Crippen molar-refractivity contribution in [2.45, 2.75) is 26.0 Å². The average Bonchev–Trinajstić information content (AvgIpc) is 2.49. The van der Waals surface area contributed by atoms with Crippen LogP contribution in [0.3, 0.4) is 0 Å². The molecule has 110 valence electrons. The van der Waals surface area contributed by atoms with E-state index in [0.29, 0.717) is 11.5 Å². The Labute approximate surface area is 119 Å². The number of methoxy groups -OCH3 is 1. The maximum absolute atomic E-state index is 11.3. The number of carbonyl (C=O) groups excluding carboxylic acids is 1. The van der Waals surface area contributed by atoms with Crippen LogP contribution < -0.4 is 11.3 Å². The molecule has 0 aliphatic carbocycles. The lowest BCUT2D eigenvalue weighted by molar-refractivity contribution is -0.00778. The fourth-order valence-electron chi connectivity index (χ4n) is 2.51. The summed E-state index contributed by atoms with van der Waals surface area (Å²) in [7, 11) is 1.77. The summed E-state index contributed by atoms with van der Waals surface area (Å²) < 4.78 is 5.51. The van der Waals surface area contributed by atoms with Crippen molar-refractivity contribution in [2.75, 3.05) is 20.2 Å². The number of amides is 1. The molecule has 6 heteroatoms. The number of pyridine rings is 1. The van der Waals surface area contributed by atoms with Gasteiger partial charge in [0.2, 0.25) is 0 Å². The minimum atomic E-state index is -0.324. The molecule has 2 heterocycles. The summed E-state index contributed by atoms with van der Waals surface area (Å²) in [5, 5.41) is 0. The molecule has 20 heavy (non-hydrogen) atoms. The highest BCUT2D eigenvalue weighted by Crippen LogP contribution is 2.20. The summed E-state index contributed by atoms with van der Waals surface area (Å²) in [5.41, 5.74) is 3.51. The number of rotatable bonds is 4. The van der Waals surface area contributed by atoms with E-state index in [1.165, 1.54) is 0 Å². The Hall–Kier alpha value is -1.50. The largest absolute Gasteiger partial charge is 0.380 e. The Balaban J connectivity index is 1.95. The summed E-state index contributed by atoms with van der Waals surface area (Å²) in [4.78, 5) is 18.0. The molecule has 0 aromatic carbocycles. The minimum Gasteiger partial charge on any atom is -0.380 e. The predicted molar refractivity (Wildman–Crippen MR) is 75.7 cm³/mol. The number of piperidine rings is 1. The lowest BCUT2D eigenvalue weighted by atomic mass is 9.96. The lowest BCUT2D eigenvalue weighted by Crippen LogP contribution is -2.43. The first-order valence-electron chi connectivity index (χ1n) is 6.85. The van der Waals surface area contributed by atoms with Gasteiger partial charge in [-0.3, -0.25) is 20.1 Å². The summed E-state index contributed by atoms with van der Waals surface area (Å²) >= 11 is 0. The second-order valence-electron chi connectivity index (χ2n) is 5.29. The van der Waals surface area contributed by atoms with Gasteiger partial charge in [0, 0.05) is 26.4 Å². The van der Waals surface area contributed by atoms with E-state index in [0.717, 1.165) is 31.7 Å². The zero-order valence-electron chi connectivity index (χ0n) is 12.0. The molecule has 1 aromatic heterocycles. The highest BCUT2D eigenvalue weighted by atomic mass is 16.5. The Morgan fingerprint density at radius 2 is 2.40 bits per heavy atom. The van der Waals surface area contributed by atoms with E-state index < -0.39 is 0 Å². The van der Waals surface area contributed by atoms with E-state index in [1.807, 2.05) is 6.07 Å². The first kappa shape index (κ1) is 14.9. The van der Waals surface area contributed by atoms with Gasteiger partial charge < -0.3 is 4.74 Å². The van der Waals surface area contributed by atoms with E-state index in [4.69, 9.17) is 10.6 Å². The van der Waals surface area contributed by atoms with Crippen LogP contribution in [0.15, 0.2) is 18.3 Å². The van der Waals surface area contributed by atoms with Gasteiger partial charge in [0.05, 0.1) is 17.4 Å². The molecule has 0 bridgehead atoms. The van der Waals surface area contributed by atoms with Crippen molar-refractivity contribution in [3.05, 3.63) is 29.6 Å². The van der Waals surface area contributed by atoms with Crippen LogP contribution in [0.1, 0.15) is 29.4 Å². The number of aromatic nitrogens is 1. The smallest absolute Gasteiger partial charge is 0.266 e. The maximum Gasteiger partial charge on any atom is 0.266 e. The van der Waals surface area contributed by atoms with Gasteiger partial charge in [-0.05, 0) is 31.0 Å². The first-order valence-corrected chi connectivity index (χ1v) is 6.85. The highest BCUT2D eigenvalue weighted by Gasteiger charge is 2.26. The van der Waals surface area contributed by atoms with Crippen molar-refractivity contribution in [3.63, 3.8) is 0 Å². The first-order chi connectivity index (χ1) is 9.63. The average molecular weight is 278 g/mol. The number of ether oxygens (including phenoxy) is 1. The molecule has 0 radical (unpaired) electrons. The molecule has 0 saturated carbocycles. The number of likely N-dealkylation sites (tertiary alicyclic amines) is 1. The van der Waals surface area contributed by atoms with Crippen LogP contribution >= 0.6 is 0 Å². The van der Waals surface area contributed by atoms with Crippen LogP contribution in [0.5, 0.6) is 0 Å². The molecular weight excluding hydrogens is 256 g/mol. The van der Waals surface area contributed by atoms with Crippen molar-refractivity contribution >= 4 is 5.91 Å². The van der Waals surface area contributed by atoms with Gasteiger partial charge in [-0.1, -0.05) is 6.92 Å². The van der Waals surface area contributed by atoms with Gasteiger partial charge in [0.15, 0.2) is 0 Å². The monoisotopic (exact) mass is 278 g/mol.